The molecule has 0 bridgehead atoms. The average molecular weight is 316 g/mol. The summed E-state index contributed by atoms with van der Waals surface area (Å²) >= 11 is 0.0724. The van der Waals surface area contributed by atoms with Crippen LogP contribution in [0.3, 0.4) is 0 Å². The van der Waals surface area contributed by atoms with Gasteiger partial charge < -0.3 is 0 Å². The Bertz CT molecular complexity index is 364. The predicted octanol–water partition coefficient (Wildman–Crippen LogP) is 2.42. The van der Waals surface area contributed by atoms with E-state index in [9.17, 15) is 0 Å². The number of nitrogens with zero attached hydrogens (tertiary/aromatic N) is 1. The van der Waals surface area contributed by atoms with Crippen molar-refractivity contribution in [1.29, 1.82) is 0 Å². The van der Waals surface area contributed by atoms with E-state index in [4.69, 9.17) is 4.84 Å². The number of hydrogen-bond acceptors (Lipinski definition) is 3. The average Bonchev–Trinajstić information content (AvgIpc) is 2.73. The topological polar surface area (TPSA) is 21.6 Å². The molecule has 0 saturated heterocycles. The first-order valence-corrected chi connectivity index (χ1v) is 15.7. The normalized spacial score (nSPS) is 16.6. The summed E-state index contributed by atoms with van der Waals surface area (Å²) in [5, 5.41) is 4.05. The van der Waals surface area contributed by atoms with Crippen LogP contribution in [0.4, 0.5) is 0 Å². The van der Waals surface area contributed by atoms with Gasteiger partial charge in [-0.05, 0) is 0 Å². The molecule has 0 radical (unpaired) electrons. The Hall–Kier alpha value is -0.0313. The molecule has 2 heterocycles. The standard InChI is InChI=1S/C7H6NOS.3CH3.Sn/c1-2-7(10-5-1)6-3-4-9-8-6;;;;/h1-2H,3-4H2;3*1H3;. The van der Waals surface area contributed by atoms with Crippen LogP contribution in [0.2, 0.25) is 14.8 Å². The summed E-state index contributed by atoms with van der Waals surface area (Å²) in [4.78, 5) is 13.7. The molecule has 1 aliphatic rings. The van der Waals surface area contributed by atoms with Gasteiger partial charge in [0.15, 0.2) is 0 Å². The Morgan fingerprint density at radius 2 is 2.14 bits per heavy atom. The molecule has 1 aromatic rings. The maximum absolute atomic E-state index is 5.02. The Balaban J connectivity index is 2.26. The molecule has 0 saturated carbocycles. The van der Waals surface area contributed by atoms with Crippen molar-refractivity contribution in [2.24, 2.45) is 5.16 Å². The fourth-order valence-corrected chi connectivity index (χ4v) is 7.68. The first kappa shape index (κ1) is 10.5. The zero-order chi connectivity index (χ0) is 10.2. The van der Waals surface area contributed by atoms with Crippen molar-refractivity contribution >= 4 is 38.3 Å². The van der Waals surface area contributed by atoms with E-state index in [1.54, 1.807) is 2.89 Å². The second-order valence-electron chi connectivity index (χ2n) is 4.54. The third-order valence-electron chi connectivity index (χ3n) is 2.23. The zero-order valence-electron chi connectivity index (χ0n) is 8.83. The summed E-state index contributed by atoms with van der Waals surface area (Å²) in [5.74, 6) is 0. The van der Waals surface area contributed by atoms with Crippen LogP contribution < -0.4 is 2.89 Å². The molecule has 0 spiro atoms. The zero-order valence-corrected chi connectivity index (χ0v) is 12.5. The minimum atomic E-state index is -1.85. The van der Waals surface area contributed by atoms with Crippen LogP contribution in [0.15, 0.2) is 17.3 Å². The molecular formula is C10H15NOSSn. The molecule has 0 aromatic carbocycles. The number of oxime groups is 1. The van der Waals surface area contributed by atoms with Crippen molar-refractivity contribution in [2.75, 3.05) is 6.61 Å². The third kappa shape index (κ3) is 2.14. The van der Waals surface area contributed by atoms with E-state index in [-0.39, 0.29) is 0 Å². The van der Waals surface area contributed by atoms with Gasteiger partial charge in [-0.15, -0.1) is 0 Å². The summed E-state index contributed by atoms with van der Waals surface area (Å²) < 4.78 is 1.61. The van der Waals surface area contributed by atoms with Gasteiger partial charge >= 0.3 is 93.2 Å². The molecule has 14 heavy (non-hydrogen) atoms. The van der Waals surface area contributed by atoms with E-state index in [1.165, 1.54) is 4.88 Å². The SMILES string of the molecule is [CH3][Sn]([CH3])([CH3])[c]1ccc(C2=NOCC2)s1. The molecule has 0 atom stereocenters. The van der Waals surface area contributed by atoms with Crippen LogP contribution in [0, 0.1) is 0 Å². The first-order valence-electron chi connectivity index (χ1n) is 4.87. The molecule has 1 aromatic heterocycles. The van der Waals surface area contributed by atoms with Gasteiger partial charge in [-0.2, -0.15) is 0 Å². The van der Waals surface area contributed by atoms with Crippen molar-refractivity contribution in [1.82, 2.24) is 0 Å². The van der Waals surface area contributed by atoms with Crippen molar-refractivity contribution < 1.29 is 4.84 Å². The van der Waals surface area contributed by atoms with E-state index < -0.39 is 18.4 Å². The van der Waals surface area contributed by atoms with Crippen molar-refractivity contribution in [3.63, 3.8) is 0 Å². The molecule has 0 fully saturated rings. The Labute approximate surface area is 92.8 Å². The van der Waals surface area contributed by atoms with Gasteiger partial charge in [0.05, 0.1) is 0 Å². The van der Waals surface area contributed by atoms with Crippen LogP contribution in [0.25, 0.3) is 0 Å². The summed E-state index contributed by atoms with van der Waals surface area (Å²) in [6.45, 7) is 0.751. The van der Waals surface area contributed by atoms with Gasteiger partial charge in [-0.3, -0.25) is 0 Å². The molecule has 4 heteroatoms. The van der Waals surface area contributed by atoms with Crippen LogP contribution in [-0.2, 0) is 4.84 Å². The number of hydrogen-bond donors (Lipinski definition) is 0. The minimum absolute atomic E-state index is 0.751. The van der Waals surface area contributed by atoms with Crippen molar-refractivity contribution in [2.45, 2.75) is 21.2 Å². The monoisotopic (exact) mass is 317 g/mol. The summed E-state index contributed by atoms with van der Waals surface area (Å²) in [6, 6.07) is 4.49. The van der Waals surface area contributed by atoms with Crippen LogP contribution >= 0.6 is 11.3 Å². The number of rotatable bonds is 2. The van der Waals surface area contributed by atoms with E-state index in [2.05, 4.69) is 32.1 Å². The van der Waals surface area contributed by atoms with Gasteiger partial charge in [0.2, 0.25) is 0 Å². The van der Waals surface area contributed by atoms with Crippen LogP contribution in [0.5, 0.6) is 0 Å². The van der Waals surface area contributed by atoms with E-state index in [0.717, 1.165) is 18.7 Å². The Morgan fingerprint density at radius 1 is 1.36 bits per heavy atom. The third-order valence-corrected chi connectivity index (χ3v) is 12.9. The summed E-state index contributed by atoms with van der Waals surface area (Å²) in [7, 11) is 0. The molecule has 0 N–H and O–H groups in total. The second-order valence-corrected chi connectivity index (χ2v) is 21.0. The van der Waals surface area contributed by atoms with Crippen molar-refractivity contribution in [3.8, 4) is 0 Å². The molecule has 76 valence electrons. The van der Waals surface area contributed by atoms with Gasteiger partial charge in [0, 0.05) is 0 Å². The van der Waals surface area contributed by atoms with E-state index >= 15 is 0 Å². The van der Waals surface area contributed by atoms with E-state index in [1.807, 2.05) is 11.3 Å². The second kappa shape index (κ2) is 3.85. The fourth-order valence-electron chi connectivity index (χ4n) is 1.38. The molecule has 0 amide bonds. The quantitative estimate of drug-likeness (QED) is 0.768. The van der Waals surface area contributed by atoms with Crippen molar-refractivity contribution in [3.05, 3.63) is 17.0 Å². The molecular weight excluding hydrogens is 301 g/mol. The first-order chi connectivity index (χ1) is 6.57. The molecule has 2 nitrogen and oxygen atoms in total. The molecule has 2 rings (SSSR count). The Morgan fingerprint density at radius 3 is 2.64 bits per heavy atom. The van der Waals surface area contributed by atoms with Gasteiger partial charge in [0.25, 0.3) is 0 Å². The van der Waals surface area contributed by atoms with Gasteiger partial charge in [0.1, 0.15) is 0 Å². The molecule has 0 aliphatic carbocycles. The predicted molar refractivity (Wildman–Crippen MR) is 64.4 cm³/mol. The van der Waals surface area contributed by atoms with Crippen LogP contribution in [0.1, 0.15) is 11.3 Å². The summed E-state index contributed by atoms with van der Waals surface area (Å²) in [5.41, 5.74) is 1.14. The Kier molecular flexibility index (Phi) is 2.88. The van der Waals surface area contributed by atoms with Gasteiger partial charge in [-0.25, -0.2) is 0 Å². The maximum atomic E-state index is 5.02. The molecule has 1 aliphatic heterocycles. The van der Waals surface area contributed by atoms with E-state index in [0.29, 0.717) is 0 Å². The fraction of sp³-hybridized carbons (Fsp3) is 0.500. The molecule has 0 unspecified atom stereocenters. The summed E-state index contributed by atoms with van der Waals surface area (Å²) in [6.07, 6.45) is 0.972. The van der Waals surface area contributed by atoms with Crippen LogP contribution in [-0.4, -0.2) is 30.7 Å². The number of thiophene rings is 1. The van der Waals surface area contributed by atoms with Gasteiger partial charge in [-0.1, -0.05) is 0 Å².